The van der Waals surface area contributed by atoms with Crippen LogP contribution in [0.5, 0.6) is 0 Å². The normalized spacial score (nSPS) is 27.1. The molecule has 1 aliphatic carbocycles. The number of rotatable bonds is 2. The lowest BCUT2D eigenvalue weighted by Crippen LogP contribution is -2.31. The first-order chi connectivity index (χ1) is 7.59. The van der Waals surface area contributed by atoms with Crippen LogP contribution in [0.2, 0.25) is 0 Å². The van der Waals surface area contributed by atoms with E-state index >= 15 is 0 Å². The van der Waals surface area contributed by atoms with Crippen LogP contribution in [0, 0.1) is 11.8 Å². The number of imide groups is 1. The van der Waals surface area contributed by atoms with Gasteiger partial charge in [0, 0.05) is 0 Å². The molecule has 0 aromatic carbocycles. The number of carbonyl (C=O) groups is 3. The van der Waals surface area contributed by atoms with Crippen molar-refractivity contribution in [2.24, 2.45) is 11.8 Å². The van der Waals surface area contributed by atoms with Gasteiger partial charge in [-0.15, -0.1) is 11.3 Å². The molecule has 6 heteroatoms. The summed E-state index contributed by atoms with van der Waals surface area (Å²) in [7, 11) is 0. The van der Waals surface area contributed by atoms with Gasteiger partial charge in [0.25, 0.3) is 0 Å². The van der Waals surface area contributed by atoms with E-state index in [1.807, 2.05) is 0 Å². The quantitative estimate of drug-likeness (QED) is 0.777. The third-order valence-electron chi connectivity index (χ3n) is 2.89. The Morgan fingerprint density at radius 2 is 1.94 bits per heavy atom. The Morgan fingerprint density at radius 3 is 2.44 bits per heavy atom. The fourth-order valence-electron chi connectivity index (χ4n) is 1.96. The summed E-state index contributed by atoms with van der Waals surface area (Å²) in [6.45, 7) is 0. The number of carbonyl (C=O) groups excluding carboxylic acids is 2. The molecule has 2 amide bonds. The van der Waals surface area contributed by atoms with E-state index in [1.165, 1.54) is 12.1 Å². The summed E-state index contributed by atoms with van der Waals surface area (Å²) in [5.74, 6) is -1.71. The van der Waals surface area contributed by atoms with Gasteiger partial charge < -0.3 is 5.11 Å². The lowest BCUT2D eigenvalue weighted by atomic mass is 10.4. The minimum atomic E-state index is -1.04. The van der Waals surface area contributed by atoms with E-state index in [2.05, 4.69) is 0 Å². The number of fused-ring (bicyclic) bond motifs is 1. The fraction of sp³-hybridized carbons (Fsp3) is 0.300. The lowest BCUT2D eigenvalue weighted by molar-refractivity contribution is -0.123. The molecule has 1 saturated carbocycles. The van der Waals surface area contributed by atoms with Crippen LogP contribution in [0.3, 0.4) is 0 Å². The first kappa shape index (κ1) is 9.53. The highest BCUT2D eigenvalue weighted by atomic mass is 32.1. The molecule has 1 saturated heterocycles. The maximum Gasteiger partial charge on any atom is 0.345 e. The molecular weight excluding hydrogens is 230 g/mol. The summed E-state index contributed by atoms with van der Waals surface area (Å²) in [4.78, 5) is 35.3. The number of piperidine rings is 1. The van der Waals surface area contributed by atoms with Gasteiger partial charge in [0.2, 0.25) is 11.8 Å². The minimum Gasteiger partial charge on any atom is -0.477 e. The molecule has 16 heavy (non-hydrogen) atoms. The van der Waals surface area contributed by atoms with Gasteiger partial charge in [-0.2, -0.15) is 0 Å². The molecule has 2 unspecified atom stereocenters. The van der Waals surface area contributed by atoms with Gasteiger partial charge in [0.15, 0.2) is 0 Å². The van der Waals surface area contributed by atoms with Gasteiger partial charge in [0.1, 0.15) is 9.88 Å². The van der Waals surface area contributed by atoms with Crippen molar-refractivity contribution in [3.63, 3.8) is 0 Å². The summed E-state index contributed by atoms with van der Waals surface area (Å²) in [6, 6.07) is 2.92. The van der Waals surface area contributed by atoms with Crippen LogP contribution < -0.4 is 4.90 Å². The monoisotopic (exact) mass is 237 g/mol. The van der Waals surface area contributed by atoms with Crippen LogP contribution in [0.25, 0.3) is 0 Å². The van der Waals surface area contributed by atoms with Crippen LogP contribution in [-0.4, -0.2) is 22.9 Å². The van der Waals surface area contributed by atoms with E-state index in [-0.39, 0.29) is 28.5 Å². The summed E-state index contributed by atoms with van der Waals surface area (Å²) in [5, 5.41) is 9.17. The van der Waals surface area contributed by atoms with Crippen molar-refractivity contribution in [2.75, 3.05) is 4.90 Å². The second-order valence-corrected chi connectivity index (χ2v) is 4.97. The highest BCUT2D eigenvalue weighted by molar-refractivity contribution is 7.18. The third kappa shape index (κ3) is 1.13. The highest BCUT2D eigenvalue weighted by Crippen LogP contribution is 2.49. The van der Waals surface area contributed by atoms with E-state index in [9.17, 15) is 14.4 Å². The average molecular weight is 237 g/mol. The summed E-state index contributed by atoms with van der Waals surface area (Å²) >= 11 is 0.953. The number of hydrogen-bond donors (Lipinski definition) is 1. The van der Waals surface area contributed by atoms with Crippen molar-refractivity contribution in [3.8, 4) is 0 Å². The predicted molar refractivity (Wildman–Crippen MR) is 55.4 cm³/mol. The Balaban J connectivity index is 1.95. The van der Waals surface area contributed by atoms with Gasteiger partial charge in [-0.25, -0.2) is 9.69 Å². The molecule has 0 bridgehead atoms. The SMILES string of the molecule is O=C(O)c1ccc(N2C(=O)C3CC3C2=O)s1. The molecule has 1 aromatic rings. The largest absolute Gasteiger partial charge is 0.477 e. The maximum atomic E-state index is 11.7. The Labute approximate surface area is 94.3 Å². The van der Waals surface area contributed by atoms with E-state index in [0.29, 0.717) is 11.4 Å². The van der Waals surface area contributed by atoms with Crippen LogP contribution in [0.1, 0.15) is 16.1 Å². The van der Waals surface area contributed by atoms with Gasteiger partial charge in [0.05, 0.1) is 11.8 Å². The van der Waals surface area contributed by atoms with Crippen LogP contribution in [0.15, 0.2) is 12.1 Å². The first-order valence-corrected chi connectivity index (χ1v) is 5.62. The number of amides is 2. The van der Waals surface area contributed by atoms with Gasteiger partial charge in [-0.05, 0) is 18.6 Å². The fourth-order valence-corrected chi connectivity index (χ4v) is 2.82. The summed E-state index contributed by atoms with van der Waals surface area (Å²) in [5.41, 5.74) is 0. The molecule has 0 spiro atoms. The summed E-state index contributed by atoms with van der Waals surface area (Å²) in [6.07, 6.45) is 0.658. The second-order valence-electron chi connectivity index (χ2n) is 3.90. The Hall–Kier alpha value is -1.69. The van der Waals surface area contributed by atoms with Gasteiger partial charge >= 0.3 is 5.97 Å². The zero-order valence-electron chi connectivity index (χ0n) is 8.04. The smallest absolute Gasteiger partial charge is 0.345 e. The Morgan fingerprint density at radius 1 is 1.31 bits per heavy atom. The van der Waals surface area contributed by atoms with Crippen LogP contribution in [0.4, 0.5) is 5.00 Å². The minimum absolute atomic E-state index is 0.135. The van der Waals surface area contributed by atoms with E-state index < -0.39 is 5.97 Å². The number of carboxylic acid groups (broad SMARTS) is 1. The number of nitrogens with zero attached hydrogens (tertiary/aromatic N) is 1. The number of anilines is 1. The van der Waals surface area contributed by atoms with Crippen LogP contribution >= 0.6 is 11.3 Å². The van der Waals surface area contributed by atoms with E-state index in [0.717, 1.165) is 16.2 Å². The molecule has 82 valence electrons. The molecule has 1 N–H and O–H groups in total. The van der Waals surface area contributed by atoms with Crippen molar-refractivity contribution in [1.29, 1.82) is 0 Å². The second kappa shape index (κ2) is 2.91. The van der Waals surface area contributed by atoms with E-state index in [1.54, 1.807) is 0 Å². The number of carboxylic acids is 1. The molecular formula is C10H7NO4S. The number of hydrogen-bond acceptors (Lipinski definition) is 4. The molecule has 2 aliphatic rings. The van der Waals surface area contributed by atoms with Gasteiger partial charge in [-0.3, -0.25) is 9.59 Å². The average Bonchev–Trinajstić information content (AvgIpc) is 2.82. The van der Waals surface area contributed by atoms with Crippen molar-refractivity contribution in [1.82, 2.24) is 0 Å². The molecule has 2 atom stereocenters. The Kier molecular flexibility index (Phi) is 1.74. The molecule has 3 rings (SSSR count). The maximum absolute atomic E-state index is 11.7. The van der Waals surface area contributed by atoms with Crippen molar-refractivity contribution < 1.29 is 19.5 Å². The molecule has 0 radical (unpaired) electrons. The number of thiophene rings is 1. The zero-order chi connectivity index (χ0) is 11.4. The third-order valence-corrected chi connectivity index (χ3v) is 3.95. The standard InChI is InChI=1S/C10H7NO4S/c12-8-4-3-5(4)9(13)11(8)7-2-1-6(16-7)10(14)15/h1-2,4-5H,3H2,(H,14,15). The van der Waals surface area contributed by atoms with Gasteiger partial charge in [-0.1, -0.05) is 0 Å². The first-order valence-electron chi connectivity index (χ1n) is 4.80. The topological polar surface area (TPSA) is 74.7 Å². The molecule has 2 heterocycles. The summed E-state index contributed by atoms with van der Waals surface area (Å²) < 4.78 is 0. The Bertz CT molecular complexity index is 501. The molecule has 5 nitrogen and oxygen atoms in total. The highest BCUT2D eigenvalue weighted by Gasteiger charge is 2.59. The number of aromatic carboxylic acids is 1. The predicted octanol–water partition coefficient (Wildman–Crippen LogP) is 0.956. The van der Waals surface area contributed by atoms with E-state index in [4.69, 9.17) is 5.11 Å². The molecule has 1 aliphatic heterocycles. The van der Waals surface area contributed by atoms with Crippen molar-refractivity contribution >= 4 is 34.1 Å². The molecule has 1 aromatic heterocycles. The van der Waals surface area contributed by atoms with Crippen molar-refractivity contribution in [3.05, 3.63) is 17.0 Å². The lowest BCUT2D eigenvalue weighted by Gasteiger charge is -2.13. The van der Waals surface area contributed by atoms with Crippen molar-refractivity contribution in [2.45, 2.75) is 6.42 Å². The molecule has 2 fully saturated rings. The zero-order valence-corrected chi connectivity index (χ0v) is 8.86. The van der Waals surface area contributed by atoms with Crippen LogP contribution in [-0.2, 0) is 9.59 Å².